The molecular weight excluding hydrogens is 298 g/mol. The van der Waals surface area contributed by atoms with E-state index in [9.17, 15) is 9.59 Å². The van der Waals surface area contributed by atoms with Gasteiger partial charge in [-0.3, -0.25) is 9.59 Å². The molecule has 1 aromatic rings. The van der Waals surface area contributed by atoms with Gasteiger partial charge in [-0.2, -0.15) is 0 Å². The largest absolute Gasteiger partial charge is 0.372 e. The van der Waals surface area contributed by atoms with Crippen molar-refractivity contribution >= 4 is 28.6 Å². The number of hydrogen-bond acceptors (Lipinski definition) is 4. The van der Waals surface area contributed by atoms with Crippen LogP contribution < -0.4 is 10.2 Å². The number of carbonyl (C=O) groups excluding carboxylic acids is 2. The molecular formula is C16H23N3O2S. The average Bonchev–Trinajstić information content (AvgIpc) is 2.93. The van der Waals surface area contributed by atoms with Gasteiger partial charge in [0.2, 0.25) is 5.91 Å². The Labute approximate surface area is 136 Å². The molecule has 1 N–H and O–H groups in total. The lowest BCUT2D eigenvalue weighted by molar-refractivity contribution is -0.121. The minimum atomic E-state index is -0.0707. The van der Waals surface area contributed by atoms with E-state index in [-0.39, 0.29) is 17.7 Å². The van der Waals surface area contributed by atoms with E-state index in [4.69, 9.17) is 0 Å². The second kappa shape index (κ2) is 8.68. The van der Waals surface area contributed by atoms with Crippen LogP contribution in [-0.2, 0) is 4.79 Å². The molecule has 1 aliphatic heterocycles. The smallest absolute Gasteiger partial charge is 0.282 e. The summed E-state index contributed by atoms with van der Waals surface area (Å²) in [6.45, 7) is 5.47. The molecule has 0 spiro atoms. The molecule has 0 aliphatic carbocycles. The number of nitrogens with one attached hydrogen (secondary N) is 1. The highest BCUT2D eigenvalue weighted by atomic mass is 32.2. The Bertz CT molecular complexity index is 495. The van der Waals surface area contributed by atoms with Gasteiger partial charge in [0.15, 0.2) is 0 Å². The van der Waals surface area contributed by atoms with Crippen molar-refractivity contribution in [2.45, 2.75) is 13.3 Å². The molecule has 22 heavy (non-hydrogen) atoms. The molecule has 1 fully saturated rings. The lowest BCUT2D eigenvalue weighted by Crippen LogP contribution is -2.38. The summed E-state index contributed by atoms with van der Waals surface area (Å²) >= 11 is 1.28. The first-order valence-electron chi connectivity index (χ1n) is 7.69. The first kappa shape index (κ1) is 16.7. The zero-order chi connectivity index (χ0) is 15.8. The van der Waals surface area contributed by atoms with Crippen molar-refractivity contribution in [2.24, 2.45) is 0 Å². The van der Waals surface area contributed by atoms with Crippen molar-refractivity contribution < 1.29 is 9.59 Å². The normalized spacial score (nSPS) is 14.2. The van der Waals surface area contributed by atoms with Crippen LogP contribution in [0.25, 0.3) is 0 Å². The van der Waals surface area contributed by atoms with E-state index < -0.39 is 0 Å². The number of hydrogen-bond donors (Lipinski definition) is 1. The van der Waals surface area contributed by atoms with Crippen molar-refractivity contribution in [3.8, 4) is 0 Å². The highest BCUT2D eigenvalue weighted by Gasteiger charge is 2.22. The van der Waals surface area contributed by atoms with Gasteiger partial charge < -0.3 is 15.1 Å². The van der Waals surface area contributed by atoms with Crippen LogP contribution in [0.1, 0.15) is 13.3 Å². The minimum Gasteiger partial charge on any atom is -0.372 e. The first-order chi connectivity index (χ1) is 10.7. The van der Waals surface area contributed by atoms with Crippen molar-refractivity contribution in [1.82, 2.24) is 10.2 Å². The lowest BCUT2D eigenvalue weighted by Gasteiger charge is -2.23. The molecule has 1 saturated heterocycles. The molecule has 5 nitrogen and oxygen atoms in total. The fourth-order valence-corrected chi connectivity index (χ4v) is 3.23. The third-order valence-corrected chi connectivity index (χ3v) is 4.50. The molecule has 120 valence electrons. The fourth-order valence-electron chi connectivity index (χ4n) is 2.40. The maximum atomic E-state index is 11.8. The zero-order valence-corrected chi connectivity index (χ0v) is 13.8. The van der Waals surface area contributed by atoms with Crippen LogP contribution >= 0.6 is 11.8 Å². The van der Waals surface area contributed by atoms with Gasteiger partial charge in [-0.15, -0.1) is 0 Å². The summed E-state index contributed by atoms with van der Waals surface area (Å²) in [5.74, 6) is 0.716. The fraction of sp³-hybridized carbons (Fsp3) is 0.500. The maximum absolute atomic E-state index is 11.8. The van der Waals surface area contributed by atoms with Crippen LogP contribution in [0.5, 0.6) is 0 Å². The molecule has 0 atom stereocenters. The Morgan fingerprint density at radius 1 is 1.36 bits per heavy atom. The van der Waals surface area contributed by atoms with Crippen molar-refractivity contribution in [3.05, 3.63) is 30.3 Å². The summed E-state index contributed by atoms with van der Waals surface area (Å²) in [7, 11) is 0. The van der Waals surface area contributed by atoms with Gasteiger partial charge in [0.25, 0.3) is 5.24 Å². The molecule has 1 aliphatic rings. The van der Waals surface area contributed by atoms with Gasteiger partial charge in [0.05, 0.1) is 0 Å². The number of benzene rings is 1. The van der Waals surface area contributed by atoms with Crippen molar-refractivity contribution in [1.29, 1.82) is 0 Å². The van der Waals surface area contributed by atoms with Gasteiger partial charge in [-0.1, -0.05) is 30.0 Å². The standard InChI is InChI=1S/C16H23N3O2S/c1-2-18(14-7-4-3-5-8-14)10-6-9-17-15(20)13-19-11-12-22-16(19)21/h3-5,7-8H,2,6,9-13H2,1H3,(H,17,20). The van der Waals surface area contributed by atoms with Crippen LogP contribution in [0.15, 0.2) is 30.3 Å². The highest BCUT2D eigenvalue weighted by Crippen LogP contribution is 2.16. The Balaban J connectivity index is 1.65. The summed E-state index contributed by atoms with van der Waals surface area (Å²) < 4.78 is 0. The van der Waals surface area contributed by atoms with Crippen molar-refractivity contribution in [3.63, 3.8) is 0 Å². The number of amides is 2. The lowest BCUT2D eigenvalue weighted by atomic mass is 10.2. The van der Waals surface area contributed by atoms with Crippen LogP contribution in [0.2, 0.25) is 0 Å². The molecule has 0 unspecified atom stereocenters. The molecule has 2 amide bonds. The molecule has 0 radical (unpaired) electrons. The molecule has 0 aromatic heterocycles. The topological polar surface area (TPSA) is 52.7 Å². The third-order valence-electron chi connectivity index (χ3n) is 3.61. The summed E-state index contributed by atoms with van der Waals surface area (Å²) in [5.41, 5.74) is 1.20. The molecule has 6 heteroatoms. The molecule has 0 saturated carbocycles. The van der Waals surface area contributed by atoms with Gasteiger partial charge in [0, 0.05) is 37.6 Å². The highest BCUT2D eigenvalue weighted by molar-refractivity contribution is 8.13. The maximum Gasteiger partial charge on any atom is 0.282 e. The third kappa shape index (κ3) is 4.94. The average molecular weight is 321 g/mol. The predicted octanol–water partition coefficient (Wildman–Crippen LogP) is 2.19. The summed E-state index contributed by atoms with van der Waals surface area (Å²) in [6.07, 6.45) is 0.886. The van der Waals surface area contributed by atoms with Crippen LogP contribution in [0.4, 0.5) is 10.5 Å². The molecule has 1 heterocycles. The summed E-state index contributed by atoms with van der Waals surface area (Å²) in [6, 6.07) is 10.3. The number of carbonyl (C=O) groups is 2. The van der Waals surface area contributed by atoms with E-state index in [2.05, 4.69) is 29.3 Å². The van der Waals surface area contributed by atoms with Gasteiger partial charge in [-0.25, -0.2) is 0 Å². The van der Waals surface area contributed by atoms with E-state index in [1.165, 1.54) is 17.4 Å². The summed E-state index contributed by atoms with van der Waals surface area (Å²) in [5, 5.41) is 2.90. The summed E-state index contributed by atoms with van der Waals surface area (Å²) in [4.78, 5) is 27.1. The number of para-hydroxylation sites is 1. The van der Waals surface area contributed by atoms with Crippen LogP contribution in [-0.4, -0.2) is 54.5 Å². The zero-order valence-electron chi connectivity index (χ0n) is 13.0. The molecule has 2 rings (SSSR count). The van der Waals surface area contributed by atoms with E-state index in [1.54, 1.807) is 4.90 Å². The monoisotopic (exact) mass is 321 g/mol. The van der Waals surface area contributed by atoms with Gasteiger partial charge in [-0.05, 0) is 25.5 Å². The Hall–Kier alpha value is -1.69. The van der Waals surface area contributed by atoms with Gasteiger partial charge in [0.1, 0.15) is 6.54 Å². The van der Waals surface area contributed by atoms with Gasteiger partial charge >= 0.3 is 0 Å². The van der Waals surface area contributed by atoms with E-state index in [0.29, 0.717) is 13.1 Å². The Morgan fingerprint density at radius 2 is 2.14 bits per heavy atom. The number of nitrogens with zero attached hydrogens (tertiary/aromatic N) is 2. The number of rotatable bonds is 8. The first-order valence-corrected chi connectivity index (χ1v) is 8.67. The Morgan fingerprint density at radius 3 is 2.77 bits per heavy atom. The van der Waals surface area contributed by atoms with E-state index in [0.717, 1.165) is 25.3 Å². The number of anilines is 1. The second-order valence-corrected chi connectivity index (χ2v) is 6.20. The quantitative estimate of drug-likeness (QED) is 0.746. The minimum absolute atomic E-state index is 0.0105. The van der Waals surface area contributed by atoms with E-state index in [1.807, 2.05) is 18.2 Å². The van der Waals surface area contributed by atoms with Crippen LogP contribution in [0, 0.1) is 0 Å². The van der Waals surface area contributed by atoms with Crippen molar-refractivity contribution in [2.75, 3.05) is 43.4 Å². The van der Waals surface area contributed by atoms with E-state index >= 15 is 0 Å². The number of thioether (sulfide) groups is 1. The molecule has 0 bridgehead atoms. The second-order valence-electron chi connectivity index (χ2n) is 5.15. The SMILES string of the molecule is CCN(CCCNC(=O)CN1CCSC1=O)c1ccccc1. The Kier molecular flexibility index (Phi) is 6.58. The predicted molar refractivity (Wildman–Crippen MR) is 91.4 cm³/mol. The molecule has 1 aromatic carbocycles. The van der Waals surface area contributed by atoms with Crippen LogP contribution in [0.3, 0.4) is 0 Å².